The molecule has 1 aromatic rings. The molecule has 0 amide bonds. The van der Waals surface area contributed by atoms with Crippen molar-refractivity contribution in [3.63, 3.8) is 0 Å². The first-order chi connectivity index (χ1) is 8.13. The molecular weight excluding hydrogens is 271 g/mol. The van der Waals surface area contributed by atoms with E-state index in [-0.39, 0.29) is 6.20 Å². The number of aromatic nitrogens is 1. The minimum atomic E-state index is -5.42. The Labute approximate surface area is 94.1 Å². The molecule has 0 saturated carbocycles. The zero-order valence-corrected chi connectivity index (χ0v) is 8.12. The van der Waals surface area contributed by atoms with Crippen LogP contribution in [0.3, 0.4) is 0 Å². The van der Waals surface area contributed by atoms with Crippen LogP contribution < -0.4 is 10.2 Å². The van der Waals surface area contributed by atoms with Crippen molar-refractivity contribution in [3.05, 3.63) is 32.2 Å². The molecule has 0 radical (unpaired) electrons. The Kier molecular flexibility index (Phi) is 3.53. The Morgan fingerprint density at radius 3 is 2.33 bits per heavy atom. The van der Waals surface area contributed by atoms with E-state index in [0.717, 1.165) is 0 Å². The van der Waals surface area contributed by atoms with Gasteiger partial charge in [-0.05, 0) is 0 Å². The third-order valence-electron chi connectivity index (χ3n) is 1.68. The molecular formula is C7H3F5N2O4. The number of hydrogen-bond donors (Lipinski definition) is 1. The first-order valence-electron chi connectivity index (χ1n) is 4.07. The van der Waals surface area contributed by atoms with E-state index in [1.54, 1.807) is 0 Å². The van der Waals surface area contributed by atoms with Gasteiger partial charge in [-0.2, -0.15) is 0 Å². The lowest BCUT2D eigenvalue weighted by molar-refractivity contribution is -0.386. The Morgan fingerprint density at radius 1 is 1.39 bits per heavy atom. The lowest BCUT2D eigenvalue weighted by Crippen LogP contribution is -2.24. The van der Waals surface area contributed by atoms with E-state index in [9.17, 15) is 36.9 Å². The monoisotopic (exact) mass is 274 g/mol. The number of halogens is 5. The molecule has 6 nitrogen and oxygen atoms in total. The fraction of sp³-hybridized carbons (Fsp3) is 0.286. The van der Waals surface area contributed by atoms with Crippen LogP contribution in [0.1, 0.15) is 12.1 Å². The molecule has 18 heavy (non-hydrogen) atoms. The number of aromatic amines is 1. The fourth-order valence-electron chi connectivity index (χ4n) is 1.03. The van der Waals surface area contributed by atoms with Crippen molar-refractivity contribution in [3.8, 4) is 5.75 Å². The number of hydrogen-bond acceptors (Lipinski definition) is 4. The lowest BCUT2D eigenvalue weighted by atomic mass is 10.3. The summed E-state index contributed by atoms with van der Waals surface area (Å²) in [6.45, 7) is 0. The van der Waals surface area contributed by atoms with Gasteiger partial charge in [-0.1, -0.05) is 0 Å². The van der Waals surface area contributed by atoms with Gasteiger partial charge in [0.15, 0.2) is 0 Å². The van der Waals surface area contributed by atoms with Gasteiger partial charge in [-0.15, -0.1) is 13.2 Å². The van der Waals surface area contributed by atoms with Crippen LogP contribution >= 0.6 is 0 Å². The Hall–Kier alpha value is -2.20. The molecule has 0 aliphatic rings. The molecule has 1 aromatic heterocycles. The summed E-state index contributed by atoms with van der Waals surface area (Å²) in [5.74, 6) is -1.84. The molecule has 0 atom stereocenters. The molecule has 0 aliphatic carbocycles. The van der Waals surface area contributed by atoms with Crippen molar-refractivity contribution in [2.45, 2.75) is 12.8 Å². The van der Waals surface area contributed by atoms with Crippen molar-refractivity contribution >= 4 is 5.69 Å². The average Bonchev–Trinajstić information content (AvgIpc) is 2.17. The summed E-state index contributed by atoms with van der Waals surface area (Å²) in [4.78, 5) is 21.7. The molecule has 0 spiro atoms. The topological polar surface area (TPSA) is 85.2 Å². The zero-order chi connectivity index (χ0) is 14.1. The van der Waals surface area contributed by atoms with Gasteiger partial charge in [0.2, 0.25) is 5.75 Å². The maximum Gasteiger partial charge on any atom is 0.573 e. The minimum Gasteiger partial charge on any atom is -0.399 e. The van der Waals surface area contributed by atoms with Gasteiger partial charge in [-0.3, -0.25) is 14.9 Å². The van der Waals surface area contributed by atoms with Gasteiger partial charge in [0.25, 0.3) is 6.43 Å². The van der Waals surface area contributed by atoms with E-state index in [1.807, 2.05) is 0 Å². The van der Waals surface area contributed by atoms with E-state index >= 15 is 0 Å². The predicted molar refractivity (Wildman–Crippen MR) is 45.4 cm³/mol. The number of nitrogens with zero attached hydrogens (tertiary/aromatic N) is 1. The van der Waals surface area contributed by atoms with Gasteiger partial charge >= 0.3 is 17.5 Å². The summed E-state index contributed by atoms with van der Waals surface area (Å²) in [5.41, 5.74) is -4.70. The highest BCUT2D eigenvalue weighted by atomic mass is 19.4. The standard InChI is InChI=1S/C7H3F5N2O4/c8-6(9)3-5(18-7(10,11)12)4(15)2(1-13-3)14(16)17/h1,6H,(H,13,15). The second kappa shape index (κ2) is 4.58. The van der Waals surface area contributed by atoms with Crippen molar-refractivity contribution in [2.24, 2.45) is 0 Å². The molecule has 1 rings (SSSR count). The Bertz CT molecular complexity index is 524. The summed E-state index contributed by atoms with van der Waals surface area (Å²) >= 11 is 0. The number of pyridine rings is 1. The molecule has 1 N–H and O–H groups in total. The number of ether oxygens (including phenoxy) is 1. The van der Waals surface area contributed by atoms with Crippen molar-refractivity contribution in [1.82, 2.24) is 4.98 Å². The number of rotatable bonds is 3. The highest BCUT2D eigenvalue weighted by Gasteiger charge is 2.36. The van der Waals surface area contributed by atoms with Crippen LogP contribution in [0.15, 0.2) is 11.0 Å². The van der Waals surface area contributed by atoms with Crippen LogP contribution in [-0.2, 0) is 0 Å². The third kappa shape index (κ3) is 2.93. The summed E-state index contributed by atoms with van der Waals surface area (Å²) in [6, 6.07) is 0. The predicted octanol–water partition coefficient (Wildman–Crippen LogP) is 2.12. The molecule has 0 bridgehead atoms. The van der Waals surface area contributed by atoms with E-state index in [4.69, 9.17) is 0 Å². The molecule has 1 heterocycles. The van der Waals surface area contributed by atoms with E-state index in [1.165, 1.54) is 4.98 Å². The molecule has 100 valence electrons. The molecule has 0 fully saturated rings. The number of nitrogens with one attached hydrogen (secondary N) is 1. The number of nitro groups is 1. The lowest BCUT2D eigenvalue weighted by Gasteiger charge is -2.11. The van der Waals surface area contributed by atoms with E-state index < -0.39 is 40.3 Å². The van der Waals surface area contributed by atoms with Crippen LogP contribution in [0.5, 0.6) is 5.75 Å². The smallest absolute Gasteiger partial charge is 0.399 e. The second-order valence-electron chi connectivity index (χ2n) is 2.85. The zero-order valence-electron chi connectivity index (χ0n) is 8.12. The number of alkyl halides is 5. The van der Waals surface area contributed by atoms with Crippen LogP contribution in [0.25, 0.3) is 0 Å². The van der Waals surface area contributed by atoms with Gasteiger partial charge in [0.1, 0.15) is 5.69 Å². The summed E-state index contributed by atoms with van der Waals surface area (Å²) < 4.78 is 63.5. The molecule has 0 aromatic carbocycles. The molecule has 11 heteroatoms. The van der Waals surface area contributed by atoms with Gasteiger partial charge < -0.3 is 9.72 Å². The van der Waals surface area contributed by atoms with Crippen LogP contribution in [-0.4, -0.2) is 16.3 Å². The largest absolute Gasteiger partial charge is 0.573 e. The van der Waals surface area contributed by atoms with Crippen LogP contribution in [0, 0.1) is 10.1 Å². The second-order valence-corrected chi connectivity index (χ2v) is 2.85. The highest BCUT2D eigenvalue weighted by Crippen LogP contribution is 2.29. The molecule has 0 saturated heterocycles. The summed E-state index contributed by atoms with van der Waals surface area (Å²) in [5, 5.41) is 10.3. The normalized spacial score (nSPS) is 11.7. The maximum atomic E-state index is 12.3. The minimum absolute atomic E-state index is 0.271. The highest BCUT2D eigenvalue weighted by molar-refractivity contribution is 5.39. The van der Waals surface area contributed by atoms with Crippen molar-refractivity contribution in [2.75, 3.05) is 0 Å². The first-order valence-corrected chi connectivity index (χ1v) is 4.07. The SMILES string of the molecule is O=c1c([N+](=O)[O-])c[nH]c(C(F)F)c1OC(F)(F)F. The molecule has 0 unspecified atom stereocenters. The van der Waals surface area contributed by atoms with E-state index in [2.05, 4.69) is 4.74 Å². The quantitative estimate of drug-likeness (QED) is 0.519. The van der Waals surface area contributed by atoms with Crippen molar-refractivity contribution in [1.29, 1.82) is 0 Å². The van der Waals surface area contributed by atoms with Gasteiger partial charge in [0.05, 0.1) is 11.1 Å². The molecule has 0 aliphatic heterocycles. The van der Waals surface area contributed by atoms with Gasteiger partial charge in [0, 0.05) is 0 Å². The average molecular weight is 274 g/mol. The summed E-state index contributed by atoms with van der Waals surface area (Å²) in [6.07, 6.45) is -8.64. The fourth-order valence-corrected chi connectivity index (χ4v) is 1.03. The third-order valence-corrected chi connectivity index (χ3v) is 1.68. The van der Waals surface area contributed by atoms with Crippen molar-refractivity contribution < 1.29 is 31.6 Å². The first kappa shape index (κ1) is 13.9. The van der Waals surface area contributed by atoms with Crippen LogP contribution in [0.4, 0.5) is 27.6 Å². The number of H-pyrrole nitrogens is 1. The van der Waals surface area contributed by atoms with Gasteiger partial charge in [-0.25, -0.2) is 8.78 Å². The Balaban J connectivity index is 3.46. The maximum absolute atomic E-state index is 12.3. The Morgan fingerprint density at radius 2 is 1.94 bits per heavy atom. The summed E-state index contributed by atoms with van der Waals surface area (Å²) in [7, 11) is 0. The van der Waals surface area contributed by atoms with E-state index in [0.29, 0.717) is 0 Å². The van der Waals surface area contributed by atoms with Crippen LogP contribution in [0.2, 0.25) is 0 Å².